The van der Waals surface area contributed by atoms with E-state index in [2.05, 4.69) is 25.5 Å². The zero-order valence-corrected chi connectivity index (χ0v) is 10.6. The molecular formula is C11H10ClN5O. The molecule has 0 fully saturated rings. The van der Waals surface area contributed by atoms with Gasteiger partial charge in [-0.2, -0.15) is 10.2 Å². The van der Waals surface area contributed by atoms with Crippen molar-refractivity contribution >= 4 is 23.3 Å². The number of aryl methyl sites for hydroxylation is 2. The number of aromatic nitrogens is 4. The molecule has 0 aliphatic heterocycles. The Morgan fingerprint density at radius 1 is 1.33 bits per heavy atom. The molecule has 18 heavy (non-hydrogen) atoms. The molecule has 0 saturated carbocycles. The molecule has 2 aromatic heterocycles. The zero-order chi connectivity index (χ0) is 13.1. The average Bonchev–Trinajstić information content (AvgIpc) is 2.32. The summed E-state index contributed by atoms with van der Waals surface area (Å²) in [5, 5.41) is 10.5. The summed E-state index contributed by atoms with van der Waals surface area (Å²) in [6.45, 7) is 3.49. The second-order valence-corrected chi connectivity index (χ2v) is 3.99. The predicted octanol–water partition coefficient (Wildman–Crippen LogP) is 1.79. The molecule has 0 saturated heterocycles. The molecule has 0 aliphatic carbocycles. The van der Waals surface area contributed by atoms with Gasteiger partial charge < -0.3 is 5.32 Å². The van der Waals surface area contributed by atoms with Gasteiger partial charge in [0.1, 0.15) is 5.82 Å². The minimum atomic E-state index is -0.305. The van der Waals surface area contributed by atoms with E-state index in [9.17, 15) is 4.79 Å². The number of hydrogen-bond donors (Lipinski definition) is 1. The molecule has 0 radical (unpaired) electrons. The summed E-state index contributed by atoms with van der Waals surface area (Å²) in [5.41, 5.74) is 1.68. The third-order valence-corrected chi connectivity index (χ3v) is 2.40. The lowest BCUT2D eigenvalue weighted by Gasteiger charge is -2.06. The number of anilines is 1. The monoisotopic (exact) mass is 263 g/mol. The Morgan fingerprint density at radius 3 is 2.83 bits per heavy atom. The van der Waals surface area contributed by atoms with E-state index in [1.54, 1.807) is 26.0 Å². The van der Waals surface area contributed by atoms with Gasteiger partial charge in [0.05, 0.1) is 17.0 Å². The summed E-state index contributed by atoms with van der Waals surface area (Å²) in [4.78, 5) is 19.6. The minimum absolute atomic E-state index is 0.0774. The molecule has 2 heterocycles. The SMILES string of the molecule is Cc1cc(C(=O)Nc2ccnc(Cl)n2)c(C)nn1. The summed E-state index contributed by atoms with van der Waals surface area (Å²) in [6.07, 6.45) is 1.47. The van der Waals surface area contributed by atoms with Crippen LogP contribution in [0.3, 0.4) is 0 Å². The highest BCUT2D eigenvalue weighted by molar-refractivity contribution is 6.28. The minimum Gasteiger partial charge on any atom is -0.306 e. The second kappa shape index (κ2) is 5.05. The fourth-order valence-corrected chi connectivity index (χ4v) is 1.52. The maximum absolute atomic E-state index is 12.0. The largest absolute Gasteiger partial charge is 0.306 e. The van der Waals surface area contributed by atoms with Gasteiger partial charge in [-0.3, -0.25) is 4.79 Å². The molecule has 1 amide bonds. The summed E-state index contributed by atoms with van der Waals surface area (Å²) >= 11 is 5.63. The molecule has 6 nitrogen and oxygen atoms in total. The van der Waals surface area contributed by atoms with Crippen molar-refractivity contribution in [2.75, 3.05) is 5.32 Å². The number of hydrogen-bond acceptors (Lipinski definition) is 5. The van der Waals surface area contributed by atoms with Crippen molar-refractivity contribution in [2.24, 2.45) is 0 Å². The van der Waals surface area contributed by atoms with E-state index >= 15 is 0 Å². The predicted molar refractivity (Wildman–Crippen MR) is 66.5 cm³/mol. The first kappa shape index (κ1) is 12.4. The third-order valence-electron chi connectivity index (χ3n) is 2.21. The van der Waals surface area contributed by atoms with Gasteiger partial charge in [-0.15, -0.1) is 0 Å². The zero-order valence-electron chi connectivity index (χ0n) is 9.81. The van der Waals surface area contributed by atoms with Crippen LogP contribution in [0.15, 0.2) is 18.3 Å². The van der Waals surface area contributed by atoms with Crippen LogP contribution in [-0.2, 0) is 0 Å². The second-order valence-electron chi connectivity index (χ2n) is 3.65. The van der Waals surface area contributed by atoms with Gasteiger partial charge in [0, 0.05) is 6.20 Å². The lowest BCUT2D eigenvalue weighted by atomic mass is 10.2. The normalized spacial score (nSPS) is 10.2. The van der Waals surface area contributed by atoms with Crippen molar-refractivity contribution < 1.29 is 4.79 Å². The van der Waals surface area contributed by atoms with Crippen molar-refractivity contribution in [1.82, 2.24) is 20.2 Å². The van der Waals surface area contributed by atoms with Crippen LogP contribution >= 0.6 is 11.6 Å². The Hall–Kier alpha value is -2.08. The molecule has 0 bridgehead atoms. The van der Waals surface area contributed by atoms with E-state index in [0.717, 1.165) is 0 Å². The lowest BCUT2D eigenvalue weighted by Crippen LogP contribution is -2.16. The van der Waals surface area contributed by atoms with Gasteiger partial charge in [0.2, 0.25) is 5.28 Å². The molecule has 0 aromatic carbocycles. The smallest absolute Gasteiger partial charge is 0.258 e. The van der Waals surface area contributed by atoms with Crippen LogP contribution in [0.25, 0.3) is 0 Å². The first-order valence-corrected chi connectivity index (χ1v) is 5.55. The lowest BCUT2D eigenvalue weighted by molar-refractivity contribution is 0.102. The highest BCUT2D eigenvalue weighted by Gasteiger charge is 2.12. The highest BCUT2D eigenvalue weighted by Crippen LogP contribution is 2.10. The molecule has 2 aromatic rings. The van der Waals surface area contributed by atoms with Gasteiger partial charge in [0.15, 0.2) is 0 Å². The number of carbonyl (C=O) groups is 1. The number of halogens is 1. The number of nitrogens with zero attached hydrogens (tertiary/aromatic N) is 4. The molecule has 2 rings (SSSR count). The first-order valence-electron chi connectivity index (χ1n) is 5.17. The quantitative estimate of drug-likeness (QED) is 0.836. The van der Waals surface area contributed by atoms with Gasteiger partial charge in [0.25, 0.3) is 5.91 Å². The van der Waals surface area contributed by atoms with Crippen LogP contribution in [0.4, 0.5) is 5.82 Å². The van der Waals surface area contributed by atoms with E-state index < -0.39 is 0 Å². The van der Waals surface area contributed by atoms with Crippen molar-refractivity contribution in [3.05, 3.63) is 40.6 Å². The van der Waals surface area contributed by atoms with E-state index in [0.29, 0.717) is 22.8 Å². The fraction of sp³-hybridized carbons (Fsp3) is 0.182. The Bertz CT molecular complexity index is 602. The summed E-state index contributed by atoms with van der Waals surface area (Å²) < 4.78 is 0. The Labute approximate surface area is 108 Å². The first-order chi connectivity index (χ1) is 8.56. The van der Waals surface area contributed by atoms with Crippen molar-refractivity contribution in [1.29, 1.82) is 0 Å². The van der Waals surface area contributed by atoms with Crippen molar-refractivity contribution in [2.45, 2.75) is 13.8 Å². The number of amides is 1. The van der Waals surface area contributed by atoms with Gasteiger partial charge in [-0.25, -0.2) is 9.97 Å². The summed E-state index contributed by atoms with van der Waals surface area (Å²) in [7, 11) is 0. The number of nitrogens with one attached hydrogen (secondary N) is 1. The fourth-order valence-electron chi connectivity index (χ4n) is 1.37. The summed E-state index contributed by atoms with van der Waals surface area (Å²) in [6, 6.07) is 3.22. The standard InChI is InChI=1S/C11H10ClN5O/c1-6-5-8(7(2)17-16-6)10(18)14-9-3-4-13-11(12)15-9/h3-5H,1-2H3,(H,13,14,15,18). The van der Waals surface area contributed by atoms with Gasteiger partial charge in [-0.05, 0) is 37.6 Å². The van der Waals surface area contributed by atoms with E-state index in [1.165, 1.54) is 6.20 Å². The molecule has 0 spiro atoms. The van der Waals surface area contributed by atoms with E-state index in [4.69, 9.17) is 11.6 Å². The highest BCUT2D eigenvalue weighted by atomic mass is 35.5. The van der Waals surface area contributed by atoms with E-state index in [-0.39, 0.29) is 11.2 Å². The van der Waals surface area contributed by atoms with Crippen LogP contribution < -0.4 is 5.32 Å². The van der Waals surface area contributed by atoms with Crippen LogP contribution in [0.1, 0.15) is 21.7 Å². The molecule has 1 N–H and O–H groups in total. The Kier molecular flexibility index (Phi) is 3.47. The van der Waals surface area contributed by atoms with Crippen molar-refractivity contribution in [3.8, 4) is 0 Å². The van der Waals surface area contributed by atoms with Crippen molar-refractivity contribution in [3.63, 3.8) is 0 Å². The van der Waals surface area contributed by atoms with Crippen LogP contribution in [0, 0.1) is 13.8 Å². The molecule has 0 unspecified atom stereocenters. The van der Waals surface area contributed by atoms with Crippen LogP contribution in [0.2, 0.25) is 5.28 Å². The molecule has 92 valence electrons. The molecule has 0 atom stereocenters. The van der Waals surface area contributed by atoms with Crippen LogP contribution in [0.5, 0.6) is 0 Å². The van der Waals surface area contributed by atoms with E-state index in [1.807, 2.05) is 0 Å². The third kappa shape index (κ3) is 2.78. The Balaban J connectivity index is 2.24. The molecule has 7 heteroatoms. The average molecular weight is 264 g/mol. The maximum atomic E-state index is 12.0. The maximum Gasteiger partial charge on any atom is 0.258 e. The van der Waals surface area contributed by atoms with Gasteiger partial charge in [-0.1, -0.05) is 0 Å². The van der Waals surface area contributed by atoms with Gasteiger partial charge >= 0.3 is 0 Å². The van der Waals surface area contributed by atoms with Crippen LogP contribution in [-0.4, -0.2) is 26.1 Å². The molecule has 0 aliphatic rings. The topological polar surface area (TPSA) is 80.7 Å². The molecular weight excluding hydrogens is 254 g/mol. The number of rotatable bonds is 2. The Morgan fingerprint density at radius 2 is 2.11 bits per heavy atom. The number of carbonyl (C=O) groups excluding carboxylic acids is 1. The summed E-state index contributed by atoms with van der Waals surface area (Å²) in [5.74, 6) is 0.0362.